The maximum atomic E-state index is 12.7. The highest BCUT2D eigenvalue weighted by atomic mass is 35.5. The second-order valence-electron chi connectivity index (χ2n) is 7.27. The number of piperazine rings is 1. The molecule has 1 atom stereocenters. The standard InChI is InChI=1S/C17H25ClN2O4S/c1-13-11-19(8-9-20(13)16(21)24-17(2,3)4)25(22,23)12-14-6-5-7-15(18)10-14/h5-7,10,13H,8-9,11-12H2,1-4H3/t13-/m0/s1. The maximum Gasteiger partial charge on any atom is 0.410 e. The Morgan fingerprint density at radius 3 is 2.56 bits per heavy atom. The molecule has 0 unspecified atom stereocenters. The van der Waals surface area contributed by atoms with Crippen LogP contribution in [-0.2, 0) is 20.5 Å². The molecule has 0 saturated carbocycles. The van der Waals surface area contributed by atoms with Crippen LogP contribution in [0.25, 0.3) is 0 Å². The fourth-order valence-corrected chi connectivity index (χ4v) is 4.50. The van der Waals surface area contributed by atoms with Gasteiger partial charge in [-0.15, -0.1) is 0 Å². The van der Waals surface area contributed by atoms with E-state index in [2.05, 4.69) is 0 Å². The fourth-order valence-electron chi connectivity index (χ4n) is 2.70. The lowest BCUT2D eigenvalue weighted by Gasteiger charge is -2.39. The van der Waals surface area contributed by atoms with Crippen LogP contribution >= 0.6 is 11.6 Å². The molecule has 1 fully saturated rings. The van der Waals surface area contributed by atoms with Crippen LogP contribution in [-0.4, -0.2) is 55.0 Å². The van der Waals surface area contributed by atoms with Gasteiger partial charge in [0.15, 0.2) is 0 Å². The van der Waals surface area contributed by atoms with E-state index in [0.717, 1.165) is 0 Å². The summed E-state index contributed by atoms with van der Waals surface area (Å²) >= 11 is 5.92. The number of ether oxygens (including phenoxy) is 1. The Hall–Kier alpha value is -1.31. The van der Waals surface area contributed by atoms with Gasteiger partial charge in [0.25, 0.3) is 0 Å². The average Bonchev–Trinajstić information content (AvgIpc) is 2.44. The normalized spacial score (nSPS) is 19.7. The number of nitrogens with zero attached hydrogens (tertiary/aromatic N) is 2. The van der Waals surface area contributed by atoms with Gasteiger partial charge >= 0.3 is 6.09 Å². The molecular weight excluding hydrogens is 364 g/mol. The molecule has 1 aliphatic rings. The lowest BCUT2D eigenvalue weighted by Crippen LogP contribution is -2.56. The van der Waals surface area contributed by atoms with E-state index < -0.39 is 21.7 Å². The Morgan fingerprint density at radius 2 is 2.00 bits per heavy atom. The number of hydrogen-bond acceptors (Lipinski definition) is 4. The minimum absolute atomic E-state index is 0.104. The molecule has 0 N–H and O–H groups in total. The smallest absolute Gasteiger partial charge is 0.410 e. The van der Waals surface area contributed by atoms with Gasteiger partial charge in [-0.1, -0.05) is 23.7 Å². The van der Waals surface area contributed by atoms with Crippen molar-refractivity contribution in [3.63, 3.8) is 0 Å². The van der Waals surface area contributed by atoms with Crippen molar-refractivity contribution in [2.45, 2.75) is 45.1 Å². The van der Waals surface area contributed by atoms with Gasteiger partial charge in [-0.05, 0) is 45.4 Å². The number of halogens is 1. The van der Waals surface area contributed by atoms with Crippen molar-refractivity contribution >= 4 is 27.7 Å². The van der Waals surface area contributed by atoms with Crippen molar-refractivity contribution in [3.05, 3.63) is 34.9 Å². The Kier molecular flexibility index (Phi) is 6.01. The van der Waals surface area contributed by atoms with Gasteiger partial charge in [0.2, 0.25) is 10.0 Å². The molecule has 0 radical (unpaired) electrons. The molecule has 0 bridgehead atoms. The molecular formula is C17H25ClN2O4S. The molecule has 1 aromatic carbocycles. The Balaban J connectivity index is 2.03. The summed E-state index contributed by atoms with van der Waals surface area (Å²) in [5.74, 6) is -0.104. The van der Waals surface area contributed by atoms with Gasteiger partial charge in [-0.25, -0.2) is 13.2 Å². The Labute approximate surface area is 154 Å². The average molecular weight is 389 g/mol. The predicted molar refractivity (Wildman–Crippen MR) is 98.1 cm³/mol. The van der Waals surface area contributed by atoms with Crippen molar-refractivity contribution in [1.82, 2.24) is 9.21 Å². The van der Waals surface area contributed by atoms with Crippen LogP contribution < -0.4 is 0 Å². The maximum absolute atomic E-state index is 12.7. The van der Waals surface area contributed by atoms with Crippen molar-refractivity contribution in [1.29, 1.82) is 0 Å². The van der Waals surface area contributed by atoms with Crippen LogP contribution in [0.2, 0.25) is 5.02 Å². The van der Waals surface area contributed by atoms with E-state index in [1.165, 1.54) is 4.31 Å². The van der Waals surface area contributed by atoms with Crippen LogP contribution in [0, 0.1) is 0 Å². The first kappa shape index (κ1) is 20.0. The van der Waals surface area contributed by atoms with Gasteiger partial charge in [0, 0.05) is 30.7 Å². The molecule has 1 heterocycles. The second-order valence-corrected chi connectivity index (χ2v) is 9.67. The highest BCUT2D eigenvalue weighted by Crippen LogP contribution is 2.20. The monoisotopic (exact) mass is 388 g/mol. The van der Waals surface area contributed by atoms with Gasteiger partial charge < -0.3 is 9.64 Å². The van der Waals surface area contributed by atoms with Crippen LogP contribution in [0.1, 0.15) is 33.3 Å². The zero-order valence-corrected chi connectivity index (χ0v) is 16.6. The highest BCUT2D eigenvalue weighted by molar-refractivity contribution is 7.88. The molecule has 140 valence electrons. The molecule has 1 aromatic rings. The number of hydrogen-bond donors (Lipinski definition) is 0. The summed E-state index contributed by atoms with van der Waals surface area (Å²) in [6.07, 6.45) is -0.410. The Bertz CT molecular complexity index is 730. The van der Waals surface area contributed by atoms with Gasteiger partial charge in [-0.2, -0.15) is 4.31 Å². The third-order valence-corrected chi connectivity index (χ3v) is 5.90. The molecule has 1 saturated heterocycles. The first-order valence-electron chi connectivity index (χ1n) is 8.20. The summed E-state index contributed by atoms with van der Waals surface area (Å²) < 4.78 is 32.1. The quantitative estimate of drug-likeness (QED) is 0.797. The topological polar surface area (TPSA) is 66.9 Å². The lowest BCUT2D eigenvalue weighted by atomic mass is 10.2. The fraction of sp³-hybridized carbons (Fsp3) is 0.588. The van der Waals surface area contributed by atoms with E-state index in [0.29, 0.717) is 17.1 Å². The van der Waals surface area contributed by atoms with E-state index in [-0.39, 0.29) is 24.9 Å². The number of rotatable bonds is 3. The van der Waals surface area contributed by atoms with E-state index >= 15 is 0 Å². The van der Waals surface area contributed by atoms with Crippen molar-refractivity contribution in [2.75, 3.05) is 19.6 Å². The first-order chi connectivity index (χ1) is 11.5. The van der Waals surface area contributed by atoms with Crippen molar-refractivity contribution < 1.29 is 17.9 Å². The number of benzene rings is 1. The molecule has 0 aliphatic carbocycles. The third kappa shape index (κ3) is 5.59. The summed E-state index contributed by atoms with van der Waals surface area (Å²) in [5.41, 5.74) is 0.0711. The number of carbonyl (C=O) groups excluding carboxylic acids is 1. The van der Waals surface area contributed by atoms with Crippen LogP contribution in [0.4, 0.5) is 4.79 Å². The summed E-state index contributed by atoms with van der Waals surface area (Å²) in [4.78, 5) is 13.8. The number of sulfonamides is 1. The largest absolute Gasteiger partial charge is 0.444 e. The molecule has 25 heavy (non-hydrogen) atoms. The van der Waals surface area contributed by atoms with Gasteiger partial charge in [0.05, 0.1) is 5.75 Å². The van der Waals surface area contributed by atoms with E-state index in [1.54, 1.807) is 49.9 Å². The van der Waals surface area contributed by atoms with Crippen molar-refractivity contribution in [3.8, 4) is 0 Å². The molecule has 2 rings (SSSR count). The van der Waals surface area contributed by atoms with Gasteiger partial charge in [-0.3, -0.25) is 0 Å². The summed E-state index contributed by atoms with van der Waals surface area (Å²) in [5, 5.41) is 0.510. The zero-order valence-electron chi connectivity index (χ0n) is 15.0. The minimum atomic E-state index is -3.47. The van der Waals surface area contributed by atoms with Crippen molar-refractivity contribution in [2.24, 2.45) is 0 Å². The molecule has 1 aliphatic heterocycles. The molecule has 1 amide bonds. The SMILES string of the molecule is C[C@H]1CN(S(=O)(=O)Cc2cccc(Cl)c2)CCN1C(=O)OC(C)(C)C. The summed E-state index contributed by atoms with van der Waals surface area (Å²) in [6, 6.07) is 6.58. The first-order valence-corrected chi connectivity index (χ1v) is 10.2. The van der Waals surface area contributed by atoms with Crippen LogP contribution in [0.5, 0.6) is 0 Å². The number of amides is 1. The summed E-state index contributed by atoms with van der Waals surface area (Å²) in [7, 11) is -3.47. The van der Waals surface area contributed by atoms with E-state index in [4.69, 9.17) is 16.3 Å². The molecule has 0 aromatic heterocycles. The third-order valence-electron chi connectivity index (χ3n) is 3.85. The highest BCUT2D eigenvalue weighted by Gasteiger charge is 2.35. The Morgan fingerprint density at radius 1 is 1.32 bits per heavy atom. The number of carbonyl (C=O) groups is 1. The predicted octanol–water partition coefficient (Wildman–Crippen LogP) is 3.11. The zero-order chi connectivity index (χ0) is 18.8. The minimum Gasteiger partial charge on any atom is -0.444 e. The summed E-state index contributed by atoms with van der Waals surface area (Å²) in [6.45, 7) is 8.06. The lowest BCUT2D eigenvalue weighted by molar-refractivity contribution is 0.00857. The second kappa shape index (κ2) is 7.51. The molecule has 8 heteroatoms. The molecule has 6 nitrogen and oxygen atoms in total. The van der Waals surface area contributed by atoms with Crippen LogP contribution in [0.3, 0.4) is 0 Å². The molecule has 0 spiro atoms. The van der Waals surface area contributed by atoms with Gasteiger partial charge in [0.1, 0.15) is 5.60 Å². The van der Waals surface area contributed by atoms with E-state index in [1.807, 2.05) is 6.92 Å². The van der Waals surface area contributed by atoms with Crippen LogP contribution in [0.15, 0.2) is 24.3 Å². The van der Waals surface area contributed by atoms with E-state index in [9.17, 15) is 13.2 Å².